The monoisotopic (exact) mass is 608 g/mol. The SMILES string of the molecule is CC12C(=O)N(c3ccc(F)c(Cl)c3)C(=O)C1CC1C(=CCC3C(=O)N(Cc4cccs4)C(=O)C31)C2c1ccc(CO)o1. The maximum atomic E-state index is 14.3. The molecule has 7 rings (SSSR count). The Kier molecular flexibility index (Phi) is 6.31. The van der Waals surface area contributed by atoms with Gasteiger partial charge in [-0.15, -0.1) is 11.3 Å². The van der Waals surface area contributed by atoms with Gasteiger partial charge in [-0.1, -0.05) is 29.3 Å². The number of benzene rings is 1. The molecule has 0 radical (unpaired) electrons. The smallest absolute Gasteiger partial charge is 0.241 e. The third-order valence-electron chi connectivity index (χ3n) is 9.54. The Labute approximate surface area is 249 Å². The molecule has 4 aliphatic rings. The number of furan rings is 1. The predicted molar refractivity (Wildman–Crippen MR) is 151 cm³/mol. The van der Waals surface area contributed by atoms with Crippen LogP contribution in [0.2, 0.25) is 5.02 Å². The molecule has 4 amide bonds. The van der Waals surface area contributed by atoms with Crippen molar-refractivity contribution in [3.05, 3.63) is 86.7 Å². The lowest BCUT2D eigenvalue weighted by Crippen LogP contribution is -2.48. The average molecular weight is 609 g/mol. The first-order chi connectivity index (χ1) is 20.1. The number of fused-ring (bicyclic) bond motifs is 4. The summed E-state index contributed by atoms with van der Waals surface area (Å²) in [6.07, 6.45) is 2.45. The number of imide groups is 2. The van der Waals surface area contributed by atoms with Crippen LogP contribution in [0.5, 0.6) is 0 Å². The van der Waals surface area contributed by atoms with E-state index in [0.717, 1.165) is 21.4 Å². The van der Waals surface area contributed by atoms with E-state index in [4.69, 9.17) is 16.0 Å². The number of rotatable bonds is 5. The van der Waals surface area contributed by atoms with Gasteiger partial charge in [-0.3, -0.25) is 24.1 Å². The zero-order valence-corrected chi connectivity index (χ0v) is 24.0. The van der Waals surface area contributed by atoms with Crippen LogP contribution >= 0.6 is 22.9 Å². The number of halogens is 2. The average Bonchev–Trinajstić information content (AvgIpc) is 3.75. The van der Waals surface area contributed by atoms with E-state index >= 15 is 0 Å². The number of carbonyl (C=O) groups is 4. The first-order valence-corrected chi connectivity index (χ1v) is 15.0. The molecule has 6 atom stereocenters. The summed E-state index contributed by atoms with van der Waals surface area (Å²) in [6, 6.07) is 10.8. The maximum absolute atomic E-state index is 14.3. The molecule has 2 saturated heterocycles. The van der Waals surface area contributed by atoms with Crippen LogP contribution in [0.4, 0.5) is 10.1 Å². The minimum Gasteiger partial charge on any atom is -0.463 e. The van der Waals surface area contributed by atoms with Crippen molar-refractivity contribution in [3.8, 4) is 0 Å². The van der Waals surface area contributed by atoms with Gasteiger partial charge in [0.2, 0.25) is 23.6 Å². The predicted octanol–water partition coefficient (Wildman–Crippen LogP) is 5.06. The molecule has 42 heavy (non-hydrogen) atoms. The van der Waals surface area contributed by atoms with Crippen LogP contribution in [-0.2, 0) is 32.3 Å². The summed E-state index contributed by atoms with van der Waals surface area (Å²) in [5, 5.41) is 11.4. The molecule has 3 aromatic rings. The third-order valence-corrected chi connectivity index (χ3v) is 10.7. The molecule has 2 aromatic heterocycles. The number of anilines is 1. The lowest BCUT2D eigenvalue weighted by atomic mass is 9.52. The molecule has 1 saturated carbocycles. The van der Waals surface area contributed by atoms with E-state index in [2.05, 4.69) is 0 Å². The van der Waals surface area contributed by atoms with Gasteiger partial charge < -0.3 is 9.52 Å². The summed E-state index contributed by atoms with van der Waals surface area (Å²) < 4.78 is 20.0. The van der Waals surface area contributed by atoms with Crippen LogP contribution < -0.4 is 4.90 Å². The minimum atomic E-state index is -1.31. The zero-order valence-electron chi connectivity index (χ0n) is 22.5. The van der Waals surface area contributed by atoms with Crippen LogP contribution in [0.3, 0.4) is 0 Å². The number of amides is 4. The Hall–Kier alpha value is -3.60. The summed E-state index contributed by atoms with van der Waals surface area (Å²) in [5.41, 5.74) is -0.363. The molecule has 8 nitrogen and oxygen atoms in total. The molecule has 4 heterocycles. The zero-order chi connectivity index (χ0) is 29.5. The molecular formula is C31H26ClFN2O6S. The largest absolute Gasteiger partial charge is 0.463 e. The van der Waals surface area contributed by atoms with Crippen molar-refractivity contribution in [2.75, 3.05) is 4.90 Å². The Bertz CT molecular complexity index is 1680. The Balaban J connectivity index is 1.33. The van der Waals surface area contributed by atoms with Gasteiger partial charge in [0.1, 0.15) is 23.9 Å². The van der Waals surface area contributed by atoms with Gasteiger partial charge in [0.25, 0.3) is 0 Å². The second-order valence-corrected chi connectivity index (χ2v) is 13.0. The number of hydrogen-bond acceptors (Lipinski definition) is 7. The Morgan fingerprint density at radius 1 is 1.10 bits per heavy atom. The highest BCUT2D eigenvalue weighted by atomic mass is 35.5. The second-order valence-electron chi connectivity index (χ2n) is 11.6. The Morgan fingerprint density at radius 3 is 2.60 bits per heavy atom. The quantitative estimate of drug-likeness (QED) is 0.321. The van der Waals surface area contributed by atoms with E-state index < -0.39 is 52.6 Å². The fourth-order valence-electron chi connectivity index (χ4n) is 7.60. The summed E-state index contributed by atoms with van der Waals surface area (Å²) in [4.78, 5) is 59.1. The van der Waals surface area contributed by atoms with Crippen LogP contribution in [0.15, 0.2) is 63.9 Å². The second kappa shape index (κ2) is 9.72. The summed E-state index contributed by atoms with van der Waals surface area (Å²) >= 11 is 7.50. The van der Waals surface area contributed by atoms with Gasteiger partial charge in [0, 0.05) is 4.88 Å². The van der Waals surface area contributed by atoms with Gasteiger partial charge >= 0.3 is 0 Å². The first-order valence-electron chi connectivity index (χ1n) is 13.8. The van der Waals surface area contributed by atoms with Crippen molar-refractivity contribution in [2.24, 2.45) is 29.1 Å². The summed E-state index contributed by atoms with van der Waals surface area (Å²) in [5.74, 6) is -4.72. The van der Waals surface area contributed by atoms with Crippen LogP contribution in [0.25, 0.3) is 0 Å². The van der Waals surface area contributed by atoms with Gasteiger partial charge in [-0.2, -0.15) is 0 Å². The molecule has 216 valence electrons. The number of nitrogens with zero attached hydrogens (tertiary/aromatic N) is 2. The lowest BCUT2D eigenvalue weighted by Gasteiger charge is -2.48. The molecule has 6 unspecified atom stereocenters. The van der Waals surface area contributed by atoms with Crippen molar-refractivity contribution in [1.82, 2.24) is 4.90 Å². The van der Waals surface area contributed by atoms with E-state index in [1.165, 1.54) is 28.4 Å². The van der Waals surface area contributed by atoms with E-state index in [9.17, 15) is 28.7 Å². The van der Waals surface area contributed by atoms with Crippen molar-refractivity contribution >= 4 is 52.3 Å². The number of hydrogen-bond donors (Lipinski definition) is 1. The van der Waals surface area contributed by atoms with E-state index in [-0.39, 0.29) is 42.1 Å². The highest BCUT2D eigenvalue weighted by Gasteiger charge is 2.68. The van der Waals surface area contributed by atoms with Gasteiger partial charge in [0.05, 0.1) is 46.3 Å². The molecule has 3 fully saturated rings. The maximum Gasteiger partial charge on any atom is 0.241 e. The number of thiophene rings is 1. The fraction of sp³-hybridized carbons (Fsp3) is 0.355. The van der Waals surface area contributed by atoms with Crippen molar-refractivity contribution < 1.29 is 33.1 Å². The molecule has 2 aliphatic carbocycles. The third kappa shape index (κ3) is 3.74. The lowest BCUT2D eigenvalue weighted by molar-refractivity contribution is -0.141. The molecule has 0 spiro atoms. The van der Waals surface area contributed by atoms with Crippen molar-refractivity contribution in [2.45, 2.75) is 38.8 Å². The first kappa shape index (κ1) is 27.2. The topological polar surface area (TPSA) is 108 Å². The van der Waals surface area contributed by atoms with E-state index in [0.29, 0.717) is 17.9 Å². The van der Waals surface area contributed by atoms with Crippen LogP contribution in [-0.4, -0.2) is 33.6 Å². The van der Waals surface area contributed by atoms with Gasteiger partial charge in [0.15, 0.2) is 0 Å². The highest BCUT2D eigenvalue weighted by Crippen LogP contribution is 2.63. The minimum absolute atomic E-state index is 0.158. The fourth-order valence-corrected chi connectivity index (χ4v) is 8.47. The number of aliphatic hydroxyl groups is 1. The van der Waals surface area contributed by atoms with E-state index in [1.54, 1.807) is 19.1 Å². The molecule has 11 heteroatoms. The summed E-state index contributed by atoms with van der Waals surface area (Å²) in [7, 11) is 0. The van der Waals surface area contributed by atoms with Crippen molar-refractivity contribution in [3.63, 3.8) is 0 Å². The van der Waals surface area contributed by atoms with Crippen molar-refractivity contribution in [1.29, 1.82) is 0 Å². The van der Waals surface area contributed by atoms with Crippen LogP contribution in [0, 0.1) is 34.9 Å². The van der Waals surface area contributed by atoms with Crippen LogP contribution in [0.1, 0.15) is 42.1 Å². The molecule has 2 aliphatic heterocycles. The standard InChI is InChI=1S/C31H26ClFN2O6S/c1-31-21(28(38)35(30(31)40)15-4-8-23(33)22(32)11-15)12-20-18(26(31)24-9-5-16(14-36)41-24)6-7-19-25(20)29(39)34(27(19)37)13-17-3-2-10-42-17/h2-6,8-11,19-21,25-26,36H,7,12-14H2,1H3. The highest BCUT2D eigenvalue weighted by molar-refractivity contribution is 7.09. The number of carbonyl (C=O) groups excluding carboxylic acids is 4. The molecule has 1 aromatic carbocycles. The summed E-state index contributed by atoms with van der Waals surface area (Å²) in [6.45, 7) is 1.57. The molecule has 0 bridgehead atoms. The number of aliphatic hydroxyl groups excluding tert-OH is 1. The normalized spacial score (nSPS) is 30.5. The molecular weight excluding hydrogens is 583 g/mol. The van der Waals surface area contributed by atoms with E-state index in [1.807, 2.05) is 23.6 Å². The molecule has 1 N–H and O–H groups in total. The van der Waals surface area contributed by atoms with Gasteiger partial charge in [-0.05, 0) is 67.5 Å². The number of likely N-dealkylation sites (tertiary alicyclic amines) is 1. The van der Waals surface area contributed by atoms with Gasteiger partial charge in [-0.25, -0.2) is 9.29 Å². The Morgan fingerprint density at radius 2 is 1.90 bits per heavy atom. The number of allylic oxidation sites excluding steroid dienone is 2.